The van der Waals surface area contributed by atoms with Crippen molar-refractivity contribution in [3.05, 3.63) is 41.7 Å². The first-order valence-electron chi connectivity index (χ1n) is 6.52. The third kappa shape index (κ3) is 2.09. The van der Waals surface area contributed by atoms with E-state index in [2.05, 4.69) is 25.6 Å². The molecule has 0 radical (unpaired) electrons. The van der Waals surface area contributed by atoms with Gasteiger partial charge in [0.2, 0.25) is 0 Å². The predicted octanol–water partition coefficient (Wildman–Crippen LogP) is 2.23. The molecule has 0 aliphatic rings. The van der Waals surface area contributed by atoms with Gasteiger partial charge < -0.3 is 5.32 Å². The fraction of sp³-hybridized carbons (Fsp3) is 0.0714. The zero-order valence-corrected chi connectivity index (χ0v) is 12.3. The van der Waals surface area contributed by atoms with Gasteiger partial charge in [-0.2, -0.15) is 0 Å². The number of hydrogen-bond donors (Lipinski definition) is 1. The second-order valence-electron chi connectivity index (χ2n) is 4.73. The van der Waals surface area contributed by atoms with Gasteiger partial charge in [-0.05, 0) is 24.3 Å². The van der Waals surface area contributed by atoms with Crippen LogP contribution in [0.25, 0.3) is 21.3 Å². The Bertz CT molecular complexity index is 972. The Morgan fingerprint density at radius 1 is 1.27 bits per heavy atom. The van der Waals surface area contributed by atoms with Crippen LogP contribution in [0.15, 0.2) is 36.7 Å². The monoisotopic (exact) mass is 310 g/mol. The summed E-state index contributed by atoms with van der Waals surface area (Å²) in [6.07, 6.45) is 3.33. The minimum absolute atomic E-state index is 0.246. The molecule has 0 atom stereocenters. The SMILES string of the molecule is Cn1nnc2cc(NC(=O)c3nc4cnccc4s3)ccc21. The maximum absolute atomic E-state index is 12.3. The lowest BCUT2D eigenvalue weighted by Gasteiger charge is -2.02. The number of thiazole rings is 1. The van der Waals surface area contributed by atoms with Crippen LogP contribution in [0.2, 0.25) is 0 Å². The molecule has 0 aliphatic carbocycles. The van der Waals surface area contributed by atoms with Crippen LogP contribution >= 0.6 is 11.3 Å². The van der Waals surface area contributed by atoms with E-state index in [0.29, 0.717) is 10.7 Å². The second-order valence-corrected chi connectivity index (χ2v) is 5.76. The molecule has 108 valence electrons. The van der Waals surface area contributed by atoms with Gasteiger partial charge in [-0.1, -0.05) is 5.21 Å². The van der Waals surface area contributed by atoms with Gasteiger partial charge in [0.1, 0.15) is 11.0 Å². The number of benzene rings is 1. The summed E-state index contributed by atoms with van der Waals surface area (Å²) in [6.45, 7) is 0. The first-order chi connectivity index (χ1) is 10.7. The Morgan fingerprint density at radius 3 is 3.05 bits per heavy atom. The summed E-state index contributed by atoms with van der Waals surface area (Å²) < 4.78 is 2.62. The van der Waals surface area contributed by atoms with Gasteiger partial charge in [0.25, 0.3) is 5.91 Å². The van der Waals surface area contributed by atoms with E-state index in [0.717, 1.165) is 21.3 Å². The van der Waals surface area contributed by atoms with Crippen LogP contribution in [0.5, 0.6) is 0 Å². The zero-order chi connectivity index (χ0) is 15.1. The highest BCUT2D eigenvalue weighted by Crippen LogP contribution is 2.22. The Morgan fingerprint density at radius 2 is 2.18 bits per heavy atom. The van der Waals surface area contributed by atoms with E-state index < -0.39 is 0 Å². The molecule has 0 spiro atoms. The maximum atomic E-state index is 12.3. The predicted molar refractivity (Wildman–Crippen MR) is 83.9 cm³/mol. The summed E-state index contributed by atoms with van der Waals surface area (Å²) in [7, 11) is 1.82. The minimum atomic E-state index is -0.246. The maximum Gasteiger partial charge on any atom is 0.284 e. The smallest absolute Gasteiger partial charge is 0.284 e. The first-order valence-corrected chi connectivity index (χ1v) is 7.34. The fourth-order valence-corrected chi connectivity index (χ4v) is 3.01. The fourth-order valence-electron chi connectivity index (χ4n) is 2.18. The third-order valence-corrected chi connectivity index (χ3v) is 4.29. The number of hydrogen-bond acceptors (Lipinski definition) is 6. The average molecular weight is 310 g/mol. The van der Waals surface area contributed by atoms with E-state index in [-0.39, 0.29) is 5.91 Å². The van der Waals surface area contributed by atoms with Gasteiger partial charge in [0, 0.05) is 18.9 Å². The van der Waals surface area contributed by atoms with Crippen LogP contribution in [-0.4, -0.2) is 30.9 Å². The molecular formula is C14H10N6OS. The van der Waals surface area contributed by atoms with Gasteiger partial charge in [0.05, 0.1) is 16.4 Å². The number of aryl methyl sites for hydroxylation is 1. The molecular weight excluding hydrogens is 300 g/mol. The molecule has 22 heavy (non-hydrogen) atoms. The van der Waals surface area contributed by atoms with E-state index in [4.69, 9.17) is 0 Å². The number of pyridine rings is 1. The van der Waals surface area contributed by atoms with Crippen LogP contribution in [0.3, 0.4) is 0 Å². The highest BCUT2D eigenvalue weighted by Gasteiger charge is 2.13. The third-order valence-electron chi connectivity index (χ3n) is 3.25. The quantitative estimate of drug-likeness (QED) is 0.613. The van der Waals surface area contributed by atoms with Crippen molar-refractivity contribution in [2.45, 2.75) is 0 Å². The molecule has 1 N–H and O–H groups in total. The summed E-state index contributed by atoms with van der Waals surface area (Å²) in [5, 5.41) is 11.2. The van der Waals surface area contributed by atoms with Crippen molar-refractivity contribution in [1.29, 1.82) is 0 Å². The molecule has 4 rings (SSSR count). The number of carbonyl (C=O) groups is 1. The summed E-state index contributed by atoms with van der Waals surface area (Å²) in [5.41, 5.74) is 3.02. The lowest BCUT2D eigenvalue weighted by Crippen LogP contribution is -2.11. The molecule has 3 heterocycles. The van der Waals surface area contributed by atoms with Gasteiger partial charge in [-0.25, -0.2) is 9.67 Å². The lowest BCUT2D eigenvalue weighted by atomic mass is 10.2. The van der Waals surface area contributed by atoms with Gasteiger partial charge >= 0.3 is 0 Å². The molecule has 7 nitrogen and oxygen atoms in total. The van der Waals surface area contributed by atoms with E-state index >= 15 is 0 Å². The van der Waals surface area contributed by atoms with E-state index in [9.17, 15) is 4.79 Å². The molecule has 4 aromatic rings. The molecule has 0 saturated carbocycles. The number of carbonyl (C=O) groups excluding carboxylic acids is 1. The summed E-state index contributed by atoms with van der Waals surface area (Å²) in [4.78, 5) is 20.6. The molecule has 1 amide bonds. The van der Waals surface area contributed by atoms with Crippen molar-refractivity contribution < 1.29 is 4.79 Å². The lowest BCUT2D eigenvalue weighted by molar-refractivity contribution is 0.102. The second kappa shape index (κ2) is 4.85. The van der Waals surface area contributed by atoms with Crippen molar-refractivity contribution in [2.75, 3.05) is 5.32 Å². The number of nitrogens with zero attached hydrogens (tertiary/aromatic N) is 5. The van der Waals surface area contributed by atoms with Gasteiger partial charge in [-0.3, -0.25) is 9.78 Å². The van der Waals surface area contributed by atoms with Crippen LogP contribution in [0.4, 0.5) is 5.69 Å². The van der Waals surface area contributed by atoms with Gasteiger partial charge in [0.15, 0.2) is 5.01 Å². The van der Waals surface area contributed by atoms with Crippen LogP contribution in [0, 0.1) is 0 Å². The summed E-state index contributed by atoms with van der Waals surface area (Å²) in [5.74, 6) is -0.246. The molecule has 1 aromatic carbocycles. The number of amides is 1. The standard InChI is InChI=1S/C14H10N6OS/c1-20-11-3-2-8(6-9(11)18-19-20)16-13(21)14-17-10-7-15-5-4-12(10)22-14/h2-7H,1H3,(H,16,21). The number of rotatable bonds is 2. The van der Waals surface area contributed by atoms with Crippen molar-refractivity contribution in [3.63, 3.8) is 0 Å². The summed E-state index contributed by atoms with van der Waals surface area (Å²) >= 11 is 1.34. The van der Waals surface area contributed by atoms with E-state index in [1.54, 1.807) is 23.1 Å². The van der Waals surface area contributed by atoms with Crippen LogP contribution in [-0.2, 0) is 7.05 Å². The number of aromatic nitrogens is 5. The number of fused-ring (bicyclic) bond motifs is 2. The molecule has 0 unspecified atom stereocenters. The van der Waals surface area contributed by atoms with Crippen LogP contribution < -0.4 is 5.32 Å². The van der Waals surface area contributed by atoms with Crippen molar-refractivity contribution in [2.24, 2.45) is 7.05 Å². The van der Waals surface area contributed by atoms with Gasteiger partial charge in [-0.15, -0.1) is 16.4 Å². The average Bonchev–Trinajstić information content (AvgIpc) is 3.11. The Balaban J connectivity index is 1.64. The molecule has 0 fully saturated rings. The van der Waals surface area contributed by atoms with Crippen molar-refractivity contribution in [3.8, 4) is 0 Å². The topological polar surface area (TPSA) is 85.6 Å². The first kappa shape index (κ1) is 12.8. The Hall–Kier alpha value is -2.87. The van der Waals surface area contributed by atoms with E-state index in [1.165, 1.54) is 11.3 Å². The molecule has 3 aromatic heterocycles. The minimum Gasteiger partial charge on any atom is -0.320 e. The van der Waals surface area contributed by atoms with Crippen molar-refractivity contribution in [1.82, 2.24) is 25.0 Å². The molecule has 0 bridgehead atoms. The van der Waals surface area contributed by atoms with Crippen LogP contribution in [0.1, 0.15) is 9.80 Å². The number of anilines is 1. The highest BCUT2D eigenvalue weighted by atomic mass is 32.1. The molecule has 0 saturated heterocycles. The van der Waals surface area contributed by atoms with E-state index in [1.807, 2.05) is 25.2 Å². The normalized spacial score (nSPS) is 11.1. The molecule has 0 aliphatic heterocycles. The highest BCUT2D eigenvalue weighted by molar-refractivity contribution is 7.20. The van der Waals surface area contributed by atoms with Crippen molar-refractivity contribution >= 4 is 44.2 Å². The zero-order valence-electron chi connectivity index (χ0n) is 11.5. The number of nitrogens with one attached hydrogen (secondary N) is 1. The Labute approximate surface area is 128 Å². The summed E-state index contributed by atoms with van der Waals surface area (Å²) in [6, 6.07) is 7.32. The Kier molecular flexibility index (Phi) is 2.83. The largest absolute Gasteiger partial charge is 0.320 e. The molecule has 8 heteroatoms.